The lowest BCUT2D eigenvalue weighted by molar-refractivity contribution is 0.0609. The second-order valence-corrected chi connectivity index (χ2v) is 3.45. The van der Waals surface area contributed by atoms with E-state index in [1.54, 1.807) is 0 Å². The Bertz CT molecular complexity index is 255. The Morgan fingerprint density at radius 1 is 1.36 bits per heavy atom. The molecule has 1 aromatic carbocycles. The number of hydrogen-bond acceptors (Lipinski definition) is 1. The zero-order valence-corrected chi connectivity index (χ0v) is 7.60. The highest BCUT2D eigenvalue weighted by Crippen LogP contribution is 2.29. The monoisotopic (exact) mass is 211 g/mol. The molecule has 1 nitrogen and oxygen atoms in total. The van der Waals surface area contributed by atoms with E-state index in [1.165, 1.54) is 5.56 Å². The predicted molar refractivity (Wildman–Crippen MR) is 47.1 cm³/mol. The van der Waals surface area contributed by atoms with Crippen molar-refractivity contribution in [2.24, 2.45) is 0 Å². The van der Waals surface area contributed by atoms with Crippen molar-refractivity contribution in [2.75, 3.05) is 6.61 Å². The molecule has 0 spiro atoms. The van der Waals surface area contributed by atoms with Crippen molar-refractivity contribution >= 4 is 15.9 Å². The molecule has 1 aliphatic heterocycles. The van der Waals surface area contributed by atoms with Gasteiger partial charge in [0.05, 0.1) is 6.61 Å². The van der Waals surface area contributed by atoms with Gasteiger partial charge in [0.15, 0.2) is 0 Å². The van der Waals surface area contributed by atoms with E-state index in [0.717, 1.165) is 23.6 Å². The molecule has 0 saturated carbocycles. The molecule has 1 heterocycles. The smallest absolute Gasteiger partial charge is 0.128 e. The Morgan fingerprint density at radius 3 is 2.73 bits per heavy atom. The second-order valence-electron chi connectivity index (χ2n) is 2.53. The van der Waals surface area contributed by atoms with Crippen LogP contribution in [0.4, 0.5) is 0 Å². The van der Waals surface area contributed by atoms with Gasteiger partial charge in [0.1, 0.15) is 6.10 Å². The zero-order chi connectivity index (χ0) is 7.68. The van der Waals surface area contributed by atoms with Crippen LogP contribution in [-0.2, 0) is 4.74 Å². The molecule has 2 heteroatoms. The Balaban J connectivity index is 2.23. The van der Waals surface area contributed by atoms with Crippen molar-refractivity contribution in [1.82, 2.24) is 0 Å². The topological polar surface area (TPSA) is 9.23 Å². The molecular weight excluding hydrogens is 204 g/mol. The van der Waals surface area contributed by atoms with E-state index >= 15 is 0 Å². The fourth-order valence-electron chi connectivity index (χ4n) is 1.09. The lowest BCUT2D eigenvalue weighted by atomic mass is 10.0. The average molecular weight is 212 g/mol. The molecule has 0 bridgehead atoms. The summed E-state index contributed by atoms with van der Waals surface area (Å²) < 4.78 is 6.38. The third-order valence-corrected chi connectivity index (χ3v) is 2.25. The SMILES string of the molecule is Brc1cccc([C]2CCO2)c1. The first kappa shape index (κ1) is 7.32. The summed E-state index contributed by atoms with van der Waals surface area (Å²) in [6.07, 6.45) is 2.20. The van der Waals surface area contributed by atoms with Gasteiger partial charge in [0.25, 0.3) is 0 Å². The third-order valence-electron chi connectivity index (χ3n) is 1.75. The van der Waals surface area contributed by atoms with Gasteiger partial charge >= 0.3 is 0 Å². The largest absolute Gasteiger partial charge is 0.367 e. The minimum atomic E-state index is 0.877. The summed E-state index contributed by atoms with van der Waals surface area (Å²) in [6.45, 7) is 0.877. The molecule has 2 rings (SSSR count). The lowest BCUT2D eigenvalue weighted by Gasteiger charge is -2.25. The predicted octanol–water partition coefficient (Wildman–Crippen LogP) is 2.75. The van der Waals surface area contributed by atoms with Crippen molar-refractivity contribution in [1.29, 1.82) is 0 Å². The molecule has 0 N–H and O–H groups in total. The van der Waals surface area contributed by atoms with Gasteiger partial charge in [-0.15, -0.1) is 0 Å². The minimum absolute atomic E-state index is 0.877. The quantitative estimate of drug-likeness (QED) is 0.695. The Kier molecular flexibility index (Phi) is 1.96. The first-order chi connectivity index (χ1) is 5.36. The summed E-state index contributed by atoms with van der Waals surface area (Å²) >= 11 is 3.41. The Morgan fingerprint density at radius 2 is 2.18 bits per heavy atom. The zero-order valence-electron chi connectivity index (χ0n) is 6.01. The summed E-state index contributed by atoms with van der Waals surface area (Å²) in [6, 6.07) is 8.19. The van der Waals surface area contributed by atoms with Crippen LogP contribution in [0, 0.1) is 6.10 Å². The number of benzene rings is 1. The van der Waals surface area contributed by atoms with Crippen molar-refractivity contribution in [2.45, 2.75) is 6.42 Å². The second kappa shape index (κ2) is 2.95. The number of halogens is 1. The number of ether oxygens (including phenoxy) is 1. The van der Waals surface area contributed by atoms with Crippen LogP contribution in [0.15, 0.2) is 28.7 Å². The van der Waals surface area contributed by atoms with Gasteiger partial charge in [0, 0.05) is 10.9 Å². The fraction of sp³-hybridized carbons (Fsp3) is 0.222. The van der Waals surface area contributed by atoms with Gasteiger partial charge in [-0.2, -0.15) is 0 Å². The summed E-state index contributed by atoms with van der Waals surface area (Å²) in [7, 11) is 0. The van der Waals surface area contributed by atoms with Crippen LogP contribution >= 0.6 is 15.9 Å². The molecule has 1 radical (unpaired) electrons. The Hall–Kier alpha value is -0.340. The van der Waals surface area contributed by atoms with Gasteiger partial charge in [-0.05, 0) is 17.7 Å². The van der Waals surface area contributed by atoms with E-state index < -0.39 is 0 Å². The Labute approximate surface area is 74.5 Å². The third kappa shape index (κ3) is 1.47. The average Bonchev–Trinajstić information content (AvgIpc) is 1.83. The minimum Gasteiger partial charge on any atom is -0.367 e. The van der Waals surface area contributed by atoms with Crippen molar-refractivity contribution in [3.63, 3.8) is 0 Å². The molecule has 57 valence electrons. The maximum Gasteiger partial charge on any atom is 0.128 e. The molecule has 0 atom stereocenters. The number of rotatable bonds is 1. The maximum absolute atomic E-state index is 5.27. The van der Waals surface area contributed by atoms with Gasteiger partial charge in [-0.25, -0.2) is 0 Å². The molecule has 11 heavy (non-hydrogen) atoms. The van der Waals surface area contributed by atoms with E-state index in [1.807, 2.05) is 12.1 Å². The van der Waals surface area contributed by atoms with E-state index in [9.17, 15) is 0 Å². The van der Waals surface area contributed by atoms with Crippen LogP contribution in [0.1, 0.15) is 12.0 Å². The van der Waals surface area contributed by atoms with Gasteiger partial charge in [-0.3, -0.25) is 0 Å². The highest BCUT2D eigenvalue weighted by molar-refractivity contribution is 9.10. The summed E-state index contributed by atoms with van der Waals surface area (Å²) in [5.74, 6) is 0. The lowest BCUT2D eigenvalue weighted by Crippen LogP contribution is -2.18. The van der Waals surface area contributed by atoms with E-state index in [4.69, 9.17) is 4.74 Å². The number of hydrogen-bond donors (Lipinski definition) is 0. The van der Waals surface area contributed by atoms with Crippen LogP contribution < -0.4 is 0 Å². The fourth-order valence-corrected chi connectivity index (χ4v) is 1.49. The molecule has 0 amide bonds. The first-order valence-electron chi connectivity index (χ1n) is 3.61. The van der Waals surface area contributed by atoms with E-state index in [2.05, 4.69) is 28.1 Å². The molecule has 1 fully saturated rings. The molecule has 0 unspecified atom stereocenters. The van der Waals surface area contributed by atoms with Crippen molar-refractivity contribution < 1.29 is 4.74 Å². The first-order valence-corrected chi connectivity index (χ1v) is 4.40. The van der Waals surface area contributed by atoms with E-state index in [-0.39, 0.29) is 0 Å². The summed E-state index contributed by atoms with van der Waals surface area (Å²) in [4.78, 5) is 0. The molecule has 0 aromatic heterocycles. The molecular formula is C9H8BrO. The molecule has 0 aliphatic carbocycles. The van der Waals surface area contributed by atoms with E-state index in [0.29, 0.717) is 0 Å². The summed E-state index contributed by atoms with van der Waals surface area (Å²) in [5.41, 5.74) is 1.20. The van der Waals surface area contributed by atoms with Crippen LogP contribution in [0.2, 0.25) is 0 Å². The molecule has 1 aromatic rings. The molecule has 1 aliphatic rings. The van der Waals surface area contributed by atoms with Gasteiger partial charge in [-0.1, -0.05) is 28.1 Å². The summed E-state index contributed by atoms with van der Waals surface area (Å²) in [5, 5.41) is 0. The van der Waals surface area contributed by atoms with Crippen LogP contribution in [0.25, 0.3) is 0 Å². The molecule has 1 saturated heterocycles. The van der Waals surface area contributed by atoms with Crippen molar-refractivity contribution in [3.8, 4) is 0 Å². The van der Waals surface area contributed by atoms with Gasteiger partial charge in [0.2, 0.25) is 0 Å². The normalized spacial score (nSPS) is 17.9. The standard InChI is InChI=1S/C9H8BrO/c10-8-3-1-2-7(6-8)9-4-5-11-9/h1-3,6H,4-5H2. The maximum atomic E-state index is 5.27. The van der Waals surface area contributed by atoms with Crippen LogP contribution in [0.5, 0.6) is 0 Å². The van der Waals surface area contributed by atoms with Crippen molar-refractivity contribution in [3.05, 3.63) is 40.4 Å². The van der Waals surface area contributed by atoms with Crippen LogP contribution in [-0.4, -0.2) is 6.61 Å². The highest BCUT2D eigenvalue weighted by Gasteiger charge is 2.21. The highest BCUT2D eigenvalue weighted by atomic mass is 79.9. The van der Waals surface area contributed by atoms with Crippen LogP contribution in [0.3, 0.4) is 0 Å². The van der Waals surface area contributed by atoms with Gasteiger partial charge < -0.3 is 4.74 Å².